The fraction of sp³-hybridized carbons (Fsp3) is 0. The van der Waals surface area contributed by atoms with E-state index in [1.807, 2.05) is 6.07 Å². The zero-order chi connectivity index (χ0) is 15.4. The van der Waals surface area contributed by atoms with E-state index in [1.54, 1.807) is 30.3 Å². The van der Waals surface area contributed by atoms with Crippen molar-refractivity contribution in [2.75, 3.05) is 5.32 Å². The number of nitriles is 1. The van der Waals surface area contributed by atoms with E-state index in [2.05, 4.69) is 21.2 Å². The Labute approximate surface area is 129 Å². The Morgan fingerprint density at radius 2 is 1.81 bits per heavy atom. The summed E-state index contributed by atoms with van der Waals surface area (Å²) >= 11 is 3.25. The summed E-state index contributed by atoms with van der Waals surface area (Å²) in [6.07, 6.45) is 0. The van der Waals surface area contributed by atoms with Crippen LogP contribution < -0.4 is 5.32 Å². The number of carbonyl (C=O) groups excluding carboxylic acids is 1. The van der Waals surface area contributed by atoms with Gasteiger partial charge in [-0.3, -0.25) is 4.79 Å². The second kappa shape index (κ2) is 6.20. The fourth-order valence-electron chi connectivity index (χ4n) is 1.77. The Kier molecular flexibility index (Phi) is 4.36. The molecular weight excluding hydrogens is 336 g/mol. The highest BCUT2D eigenvalue weighted by atomic mass is 79.9. The molecule has 1 amide bonds. The molecular formula is C15H9BrN2O3. The van der Waals surface area contributed by atoms with E-state index in [4.69, 9.17) is 10.4 Å². The van der Waals surface area contributed by atoms with Crippen LogP contribution >= 0.6 is 15.9 Å². The number of rotatable bonds is 3. The molecule has 0 atom stereocenters. The number of halogens is 1. The van der Waals surface area contributed by atoms with Crippen LogP contribution in [0.3, 0.4) is 0 Å². The highest BCUT2D eigenvalue weighted by molar-refractivity contribution is 9.10. The van der Waals surface area contributed by atoms with E-state index >= 15 is 0 Å². The molecule has 0 unspecified atom stereocenters. The smallest absolute Gasteiger partial charge is 0.336 e. The zero-order valence-corrected chi connectivity index (χ0v) is 12.2. The highest BCUT2D eigenvalue weighted by Gasteiger charge is 2.17. The van der Waals surface area contributed by atoms with Crippen molar-refractivity contribution in [3.05, 3.63) is 63.6 Å². The normalized spacial score (nSPS) is 9.71. The third-order valence-electron chi connectivity index (χ3n) is 2.75. The van der Waals surface area contributed by atoms with Crippen molar-refractivity contribution in [3.8, 4) is 6.07 Å². The van der Waals surface area contributed by atoms with Crippen LogP contribution in [-0.4, -0.2) is 17.0 Å². The molecule has 0 aliphatic heterocycles. The molecule has 0 heterocycles. The van der Waals surface area contributed by atoms with Gasteiger partial charge in [-0.05, 0) is 30.3 Å². The first-order valence-corrected chi connectivity index (χ1v) is 6.65. The zero-order valence-electron chi connectivity index (χ0n) is 10.6. The van der Waals surface area contributed by atoms with Gasteiger partial charge in [0.25, 0.3) is 5.91 Å². The van der Waals surface area contributed by atoms with E-state index in [0.717, 1.165) is 0 Å². The molecule has 0 aliphatic rings. The third kappa shape index (κ3) is 3.27. The Balaban J connectivity index is 2.38. The van der Waals surface area contributed by atoms with Crippen molar-refractivity contribution in [2.24, 2.45) is 0 Å². The van der Waals surface area contributed by atoms with E-state index in [9.17, 15) is 9.59 Å². The first kappa shape index (κ1) is 14.8. The number of aromatic carboxylic acids is 1. The number of nitrogens with zero attached hydrogens (tertiary/aromatic N) is 1. The first-order valence-electron chi connectivity index (χ1n) is 5.86. The molecule has 2 aromatic carbocycles. The summed E-state index contributed by atoms with van der Waals surface area (Å²) in [5, 5.41) is 20.7. The van der Waals surface area contributed by atoms with Gasteiger partial charge in [-0.25, -0.2) is 4.79 Å². The van der Waals surface area contributed by atoms with E-state index in [-0.39, 0.29) is 11.1 Å². The van der Waals surface area contributed by atoms with Gasteiger partial charge in [0.2, 0.25) is 0 Å². The number of anilines is 1. The topological polar surface area (TPSA) is 90.2 Å². The van der Waals surface area contributed by atoms with Crippen molar-refractivity contribution in [2.45, 2.75) is 0 Å². The maximum atomic E-state index is 12.2. The number of carbonyl (C=O) groups is 2. The van der Waals surface area contributed by atoms with Gasteiger partial charge in [-0.1, -0.05) is 28.1 Å². The maximum absolute atomic E-state index is 12.2. The van der Waals surface area contributed by atoms with E-state index in [1.165, 1.54) is 12.1 Å². The van der Waals surface area contributed by atoms with Crippen LogP contribution in [0.25, 0.3) is 0 Å². The summed E-state index contributed by atoms with van der Waals surface area (Å²) in [4.78, 5) is 23.3. The van der Waals surface area contributed by atoms with Crippen LogP contribution in [0.2, 0.25) is 0 Å². The van der Waals surface area contributed by atoms with Crippen molar-refractivity contribution >= 4 is 33.5 Å². The fourth-order valence-corrected chi connectivity index (χ4v) is 2.14. The minimum absolute atomic E-state index is 0.0360. The number of hydrogen-bond acceptors (Lipinski definition) is 3. The van der Waals surface area contributed by atoms with Crippen LogP contribution in [0.5, 0.6) is 0 Å². The second-order valence-corrected chi connectivity index (χ2v) is 5.02. The molecule has 2 N–H and O–H groups in total. The predicted molar refractivity (Wildman–Crippen MR) is 80.2 cm³/mol. The van der Waals surface area contributed by atoms with Crippen molar-refractivity contribution in [1.82, 2.24) is 0 Å². The number of hydrogen-bond donors (Lipinski definition) is 2. The van der Waals surface area contributed by atoms with E-state index in [0.29, 0.717) is 15.7 Å². The van der Waals surface area contributed by atoms with Crippen LogP contribution in [0.15, 0.2) is 46.9 Å². The molecule has 0 saturated heterocycles. The van der Waals surface area contributed by atoms with Gasteiger partial charge >= 0.3 is 5.97 Å². The molecule has 0 radical (unpaired) electrons. The number of amides is 1. The Hall–Kier alpha value is -2.65. The maximum Gasteiger partial charge on any atom is 0.336 e. The Bertz CT molecular complexity index is 766. The molecule has 5 nitrogen and oxygen atoms in total. The van der Waals surface area contributed by atoms with Gasteiger partial charge in [0.15, 0.2) is 0 Å². The average molecular weight is 345 g/mol. The minimum atomic E-state index is -1.18. The van der Waals surface area contributed by atoms with Gasteiger partial charge in [0.1, 0.15) is 6.07 Å². The molecule has 0 bridgehead atoms. The third-order valence-corrected chi connectivity index (χ3v) is 3.25. The van der Waals surface area contributed by atoms with Crippen LogP contribution in [0.4, 0.5) is 5.69 Å². The largest absolute Gasteiger partial charge is 0.478 e. The highest BCUT2D eigenvalue weighted by Crippen LogP contribution is 2.22. The summed E-state index contributed by atoms with van der Waals surface area (Å²) in [7, 11) is 0. The Morgan fingerprint density at radius 1 is 1.14 bits per heavy atom. The molecule has 0 saturated carbocycles. The molecule has 0 aromatic heterocycles. The lowest BCUT2D eigenvalue weighted by molar-refractivity contribution is 0.0692. The summed E-state index contributed by atoms with van der Waals surface area (Å²) in [5.41, 5.74) is 0.550. The Morgan fingerprint density at radius 3 is 2.43 bits per heavy atom. The lowest BCUT2D eigenvalue weighted by Gasteiger charge is -2.09. The molecule has 104 valence electrons. The molecule has 0 spiro atoms. The van der Waals surface area contributed by atoms with Crippen molar-refractivity contribution in [1.29, 1.82) is 5.26 Å². The van der Waals surface area contributed by atoms with Gasteiger partial charge < -0.3 is 10.4 Å². The summed E-state index contributed by atoms with van der Waals surface area (Å²) in [5.74, 6) is -1.77. The molecule has 21 heavy (non-hydrogen) atoms. The monoisotopic (exact) mass is 344 g/mol. The summed E-state index contributed by atoms with van der Waals surface area (Å²) in [6, 6.07) is 12.7. The lowest BCUT2D eigenvalue weighted by atomic mass is 10.1. The van der Waals surface area contributed by atoms with Crippen LogP contribution in [0.1, 0.15) is 26.3 Å². The van der Waals surface area contributed by atoms with Gasteiger partial charge in [-0.15, -0.1) is 0 Å². The van der Waals surface area contributed by atoms with E-state index < -0.39 is 11.9 Å². The molecule has 0 aliphatic carbocycles. The summed E-state index contributed by atoms with van der Waals surface area (Å²) in [6.45, 7) is 0. The SMILES string of the molecule is N#Cc1ccc(Br)cc1NC(=O)c1ccccc1C(=O)O. The van der Waals surface area contributed by atoms with Crippen LogP contribution in [0, 0.1) is 11.3 Å². The quantitative estimate of drug-likeness (QED) is 0.893. The minimum Gasteiger partial charge on any atom is -0.478 e. The number of nitrogens with one attached hydrogen (secondary N) is 1. The summed E-state index contributed by atoms with van der Waals surface area (Å²) < 4.78 is 0.698. The average Bonchev–Trinajstić information content (AvgIpc) is 2.47. The predicted octanol–water partition coefficient (Wildman–Crippen LogP) is 3.27. The van der Waals surface area contributed by atoms with Crippen molar-refractivity contribution in [3.63, 3.8) is 0 Å². The lowest BCUT2D eigenvalue weighted by Crippen LogP contribution is -2.17. The van der Waals surface area contributed by atoms with Gasteiger partial charge in [-0.2, -0.15) is 5.26 Å². The number of benzene rings is 2. The molecule has 2 aromatic rings. The first-order chi connectivity index (χ1) is 10.0. The number of carboxylic acid groups (broad SMARTS) is 1. The van der Waals surface area contributed by atoms with Crippen LogP contribution in [-0.2, 0) is 0 Å². The second-order valence-electron chi connectivity index (χ2n) is 4.11. The van der Waals surface area contributed by atoms with Crippen molar-refractivity contribution < 1.29 is 14.7 Å². The number of carboxylic acids is 1. The molecule has 0 fully saturated rings. The van der Waals surface area contributed by atoms with Gasteiger partial charge in [0, 0.05) is 4.47 Å². The molecule has 6 heteroatoms. The molecule has 2 rings (SSSR count). The van der Waals surface area contributed by atoms with Gasteiger partial charge in [0.05, 0.1) is 22.4 Å². The standard InChI is InChI=1S/C15H9BrN2O3/c16-10-6-5-9(8-17)13(7-10)18-14(19)11-3-1-2-4-12(11)15(20)21/h1-7H,(H,18,19)(H,20,21).